The number of ether oxygens (including phenoxy) is 2. The summed E-state index contributed by atoms with van der Waals surface area (Å²) >= 11 is 0. The van der Waals surface area contributed by atoms with Gasteiger partial charge in [-0.25, -0.2) is 4.79 Å². The van der Waals surface area contributed by atoms with Crippen LogP contribution in [-0.2, 0) is 20.9 Å². The second-order valence-electron chi connectivity index (χ2n) is 6.22. The Bertz CT molecular complexity index is 752. The normalized spacial score (nSPS) is 16.0. The van der Waals surface area contributed by atoms with Crippen LogP contribution in [0.3, 0.4) is 0 Å². The summed E-state index contributed by atoms with van der Waals surface area (Å²) in [7, 11) is 0. The first-order valence-corrected chi connectivity index (χ1v) is 8.49. The molecule has 6 nitrogen and oxygen atoms in total. The molecule has 6 heteroatoms. The smallest absolute Gasteiger partial charge is 0.335 e. The van der Waals surface area contributed by atoms with Crippen molar-refractivity contribution in [1.29, 1.82) is 0 Å². The molecule has 3 rings (SSSR count). The van der Waals surface area contributed by atoms with Gasteiger partial charge in [-0.15, -0.1) is 0 Å². The predicted molar refractivity (Wildman–Crippen MR) is 96.0 cm³/mol. The number of hydrogen-bond acceptors (Lipinski definition) is 4. The van der Waals surface area contributed by atoms with E-state index < -0.39 is 11.6 Å². The van der Waals surface area contributed by atoms with Gasteiger partial charge in [0.2, 0.25) is 0 Å². The van der Waals surface area contributed by atoms with Crippen molar-refractivity contribution in [3.8, 4) is 0 Å². The van der Waals surface area contributed by atoms with Crippen LogP contribution in [0.4, 0.5) is 5.69 Å². The number of rotatable bonds is 6. The topological polar surface area (TPSA) is 84.9 Å². The highest BCUT2D eigenvalue weighted by atomic mass is 16.5. The summed E-state index contributed by atoms with van der Waals surface area (Å²) in [4.78, 5) is 23.9. The number of carbonyl (C=O) groups is 2. The molecule has 26 heavy (non-hydrogen) atoms. The van der Waals surface area contributed by atoms with Crippen molar-refractivity contribution in [3.05, 3.63) is 65.7 Å². The molecule has 0 bridgehead atoms. The Hall–Kier alpha value is -2.70. The average molecular weight is 355 g/mol. The summed E-state index contributed by atoms with van der Waals surface area (Å²) in [6.07, 6.45) is 0.942. The van der Waals surface area contributed by atoms with Gasteiger partial charge < -0.3 is 19.9 Å². The summed E-state index contributed by atoms with van der Waals surface area (Å²) in [5, 5.41) is 11.8. The maximum absolute atomic E-state index is 12.9. The Morgan fingerprint density at radius 3 is 2.31 bits per heavy atom. The molecule has 1 fully saturated rings. The molecule has 0 spiro atoms. The standard InChI is InChI=1S/C20H21NO5/c22-18(23)16-6-8-17(9-7-16)21-19(24)20(10-12-25-13-11-20)26-14-15-4-2-1-3-5-15/h1-9H,10-14H2,(H,21,24)(H,22,23). The van der Waals surface area contributed by atoms with Crippen molar-refractivity contribution in [3.63, 3.8) is 0 Å². The summed E-state index contributed by atoms with van der Waals surface area (Å²) < 4.78 is 11.5. The van der Waals surface area contributed by atoms with E-state index >= 15 is 0 Å². The zero-order valence-electron chi connectivity index (χ0n) is 14.3. The van der Waals surface area contributed by atoms with Crippen LogP contribution in [-0.4, -0.2) is 35.8 Å². The Labute approximate surface area is 151 Å². The summed E-state index contributed by atoms with van der Waals surface area (Å²) in [5.74, 6) is -1.24. The Balaban J connectivity index is 1.71. The molecule has 0 aromatic heterocycles. The number of hydrogen-bond donors (Lipinski definition) is 2. The number of carboxylic acids is 1. The van der Waals surface area contributed by atoms with E-state index in [9.17, 15) is 9.59 Å². The van der Waals surface area contributed by atoms with E-state index in [2.05, 4.69) is 5.32 Å². The number of carbonyl (C=O) groups excluding carboxylic acids is 1. The fourth-order valence-electron chi connectivity index (χ4n) is 2.87. The molecule has 0 unspecified atom stereocenters. The van der Waals surface area contributed by atoms with Crippen molar-refractivity contribution in [2.45, 2.75) is 25.0 Å². The van der Waals surface area contributed by atoms with Crippen molar-refractivity contribution in [2.75, 3.05) is 18.5 Å². The van der Waals surface area contributed by atoms with Crippen LogP contribution >= 0.6 is 0 Å². The van der Waals surface area contributed by atoms with Crippen molar-refractivity contribution in [2.24, 2.45) is 0 Å². The second kappa shape index (κ2) is 8.12. The number of amides is 1. The molecule has 0 saturated carbocycles. The molecule has 2 aromatic rings. The van der Waals surface area contributed by atoms with E-state index in [0.29, 0.717) is 38.3 Å². The number of carboxylic acid groups (broad SMARTS) is 1. The van der Waals surface area contributed by atoms with Gasteiger partial charge in [0.15, 0.2) is 5.60 Å². The Kier molecular flexibility index (Phi) is 5.65. The highest BCUT2D eigenvalue weighted by Crippen LogP contribution is 2.28. The molecular weight excluding hydrogens is 334 g/mol. The molecule has 1 saturated heterocycles. The van der Waals surface area contributed by atoms with Crippen molar-refractivity contribution < 1.29 is 24.2 Å². The third-order valence-corrected chi connectivity index (χ3v) is 4.46. The molecule has 2 N–H and O–H groups in total. The Morgan fingerprint density at radius 2 is 1.69 bits per heavy atom. The molecule has 0 atom stereocenters. The second-order valence-corrected chi connectivity index (χ2v) is 6.22. The van der Waals surface area contributed by atoms with E-state index in [1.807, 2.05) is 30.3 Å². The predicted octanol–water partition coefficient (Wildman–Crippen LogP) is 3.09. The maximum Gasteiger partial charge on any atom is 0.335 e. The first kappa shape index (κ1) is 18.1. The molecule has 0 aliphatic carbocycles. The minimum absolute atomic E-state index is 0.170. The van der Waals surface area contributed by atoms with E-state index in [1.54, 1.807) is 12.1 Å². The van der Waals surface area contributed by atoms with E-state index in [1.165, 1.54) is 12.1 Å². The van der Waals surface area contributed by atoms with E-state index in [4.69, 9.17) is 14.6 Å². The number of nitrogens with one attached hydrogen (secondary N) is 1. The van der Waals surface area contributed by atoms with Gasteiger partial charge in [0, 0.05) is 31.7 Å². The molecular formula is C20H21NO5. The quantitative estimate of drug-likeness (QED) is 0.832. The van der Waals surface area contributed by atoms with Gasteiger partial charge in [-0.1, -0.05) is 30.3 Å². The Morgan fingerprint density at radius 1 is 1.04 bits per heavy atom. The van der Waals surface area contributed by atoms with E-state index in [0.717, 1.165) is 5.56 Å². The van der Waals surface area contributed by atoms with Crippen molar-refractivity contribution in [1.82, 2.24) is 0 Å². The van der Waals surface area contributed by atoms with Gasteiger partial charge in [0.05, 0.1) is 12.2 Å². The highest BCUT2D eigenvalue weighted by molar-refractivity contribution is 5.98. The minimum atomic E-state index is -1.00. The lowest BCUT2D eigenvalue weighted by atomic mass is 9.92. The number of aromatic carboxylic acids is 1. The lowest BCUT2D eigenvalue weighted by Gasteiger charge is -2.35. The molecule has 1 aliphatic heterocycles. The monoisotopic (exact) mass is 355 g/mol. The van der Waals surface area contributed by atoms with Crippen LogP contribution in [0.2, 0.25) is 0 Å². The molecule has 2 aromatic carbocycles. The molecule has 136 valence electrons. The van der Waals surface area contributed by atoms with E-state index in [-0.39, 0.29) is 11.5 Å². The first-order chi connectivity index (χ1) is 12.6. The van der Waals surface area contributed by atoms with Gasteiger partial charge >= 0.3 is 5.97 Å². The van der Waals surface area contributed by atoms with Crippen molar-refractivity contribution >= 4 is 17.6 Å². The zero-order chi connectivity index (χ0) is 18.4. The fraction of sp³-hybridized carbons (Fsp3) is 0.300. The first-order valence-electron chi connectivity index (χ1n) is 8.49. The van der Waals surface area contributed by atoms with Gasteiger partial charge in [0.1, 0.15) is 0 Å². The van der Waals surface area contributed by atoms with Crippen LogP contribution in [0.15, 0.2) is 54.6 Å². The number of benzene rings is 2. The van der Waals surface area contributed by atoms with Crippen LogP contribution in [0, 0.1) is 0 Å². The SMILES string of the molecule is O=C(O)c1ccc(NC(=O)C2(OCc3ccccc3)CCOCC2)cc1. The molecule has 0 radical (unpaired) electrons. The largest absolute Gasteiger partial charge is 0.478 e. The van der Waals surface area contributed by atoms with Gasteiger partial charge in [-0.3, -0.25) is 4.79 Å². The molecule has 1 amide bonds. The van der Waals surface area contributed by atoms with Gasteiger partial charge in [-0.05, 0) is 29.8 Å². The third kappa shape index (κ3) is 4.28. The lowest BCUT2D eigenvalue weighted by molar-refractivity contribution is -0.158. The average Bonchev–Trinajstić information content (AvgIpc) is 2.68. The third-order valence-electron chi connectivity index (χ3n) is 4.46. The molecule has 1 heterocycles. The van der Waals surface area contributed by atoms with Crippen LogP contribution in [0.25, 0.3) is 0 Å². The fourth-order valence-corrected chi connectivity index (χ4v) is 2.87. The molecule has 1 aliphatic rings. The van der Waals surface area contributed by atoms with Crippen LogP contribution < -0.4 is 5.32 Å². The minimum Gasteiger partial charge on any atom is -0.478 e. The summed E-state index contributed by atoms with van der Waals surface area (Å²) in [6.45, 7) is 1.26. The zero-order valence-corrected chi connectivity index (χ0v) is 14.3. The van der Waals surface area contributed by atoms with Crippen LogP contribution in [0.5, 0.6) is 0 Å². The summed E-state index contributed by atoms with van der Waals surface area (Å²) in [6, 6.07) is 15.8. The highest BCUT2D eigenvalue weighted by Gasteiger charge is 2.41. The van der Waals surface area contributed by atoms with Gasteiger partial charge in [-0.2, -0.15) is 0 Å². The maximum atomic E-state index is 12.9. The lowest BCUT2D eigenvalue weighted by Crippen LogP contribution is -2.49. The number of anilines is 1. The van der Waals surface area contributed by atoms with Crippen LogP contribution in [0.1, 0.15) is 28.8 Å². The summed E-state index contributed by atoms with van der Waals surface area (Å²) in [5.41, 5.74) is 0.745. The van der Waals surface area contributed by atoms with Gasteiger partial charge in [0.25, 0.3) is 5.91 Å².